The number of ether oxygens (including phenoxy) is 1. The minimum atomic E-state index is -0.527. The number of benzene rings is 1. The van der Waals surface area contributed by atoms with Crippen molar-refractivity contribution in [1.29, 1.82) is 0 Å². The van der Waals surface area contributed by atoms with E-state index in [1.165, 1.54) is 0 Å². The molecule has 0 N–H and O–H groups in total. The zero-order valence-electron chi connectivity index (χ0n) is 15.4. The molecule has 3 rings (SSSR count). The molecule has 2 aromatic rings. The Bertz CT molecular complexity index is 750. The minimum absolute atomic E-state index is 0.107. The van der Waals surface area contributed by atoms with Crippen molar-refractivity contribution >= 4 is 17.5 Å². The lowest BCUT2D eigenvalue weighted by atomic mass is 9.91. The number of alkyl halides is 1. The van der Waals surface area contributed by atoms with Gasteiger partial charge in [0.1, 0.15) is 5.75 Å². The van der Waals surface area contributed by atoms with Crippen molar-refractivity contribution in [3.8, 4) is 17.1 Å². The Hall–Kier alpha value is -2.08. The van der Waals surface area contributed by atoms with Crippen LogP contribution in [0.4, 0.5) is 0 Å². The number of hydrogen-bond donors (Lipinski definition) is 0. The molecule has 140 valence electrons. The summed E-state index contributed by atoms with van der Waals surface area (Å²) >= 11 is 5.92. The molecule has 26 heavy (non-hydrogen) atoms. The Morgan fingerprint density at radius 2 is 1.96 bits per heavy atom. The molecule has 0 aliphatic carbocycles. The summed E-state index contributed by atoms with van der Waals surface area (Å²) in [5.74, 6) is 2.60. The van der Waals surface area contributed by atoms with Crippen LogP contribution in [-0.4, -0.2) is 47.0 Å². The van der Waals surface area contributed by atoms with Crippen LogP contribution in [0.3, 0.4) is 0 Å². The number of nitrogens with zero attached hydrogens (tertiary/aromatic N) is 3. The van der Waals surface area contributed by atoms with Crippen LogP contribution in [0.5, 0.6) is 5.75 Å². The third-order valence-electron chi connectivity index (χ3n) is 4.83. The third kappa shape index (κ3) is 3.85. The van der Waals surface area contributed by atoms with Gasteiger partial charge in [-0.25, -0.2) is 0 Å². The highest BCUT2D eigenvalue weighted by atomic mass is 35.5. The van der Waals surface area contributed by atoms with E-state index in [0.717, 1.165) is 24.2 Å². The predicted octanol–water partition coefficient (Wildman–Crippen LogP) is 3.72. The Morgan fingerprint density at radius 1 is 1.31 bits per heavy atom. The van der Waals surface area contributed by atoms with Crippen LogP contribution in [-0.2, 0) is 4.79 Å². The molecule has 0 spiro atoms. The largest absolute Gasteiger partial charge is 0.497 e. The van der Waals surface area contributed by atoms with Gasteiger partial charge in [-0.2, -0.15) is 4.98 Å². The monoisotopic (exact) mass is 377 g/mol. The van der Waals surface area contributed by atoms with Crippen molar-refractivity contribution < 1.29 is 14.1 Å². The van der Waals surface area contributed by atoms with E-state index in [1.807, 2.05) is 43.0 Å². The molecule has 1 aromatic carbocycles. The molecule has 1 aromatic heterocycles. The smallest absolute Gasteiger partial charge is 0.230 e. The summed E-state index contributed by atoms with van der Waals surface area (Å²) in [6.45, 7) is 5.13. The van der Waals surface area contributed by atoms with Crippen molar-refractivity contribution in [2.45, 2.75) is 32.6 Å². The Morgan fingerprint density at radius 3 is 2.54 bits per heavy atom. The number of amides is 1. The number of carbonyl (C=O) groups is 1. The number of methoxy groups -OCH3 is 1. The van der Waals surface area contributed by atoms with Gasteiger partial charge in [0.2, 0.25) is 17.6 Å². The van der Waals surface area contributed by atoms with E-state index in [0.29, 0.717) is 30.7 Å². The van der Waals surface area contributed by atoms with Gasteiger partial charge >= 0.3 is 0 Å². The third-order valence-corrected chi connectivity index (χ3v) is 5.50. The molecule has 0 unspecified atom stereocenters. The molecule has 0 radical (unpaired) electrons. The van der Waals surface area contributed by atoms with Crippen LogP contribution >= 0.6 is 11.6 Å². The van der Waals surface area contributed by atoms with Crippen molar-refractivity contribution in [2.24, 2.45) is 5.41 Å². The van der Waals surface area contributed by atoms with E-state index in [-0.39, 0.29) is 11.8 Å². The highest BCUT2D eigenvalue weighted by Crippen LogP contribution is 2.31. The highest BCUT2D eigenvalue weighted by molar-refractivity contribution is 6.19. The molecule has 0 atom stereocenters. The molecular weight excluding hydrogens is 354 g/mol. The highest BCUT2D eigenvalue weighted by Gasteiger charge is 2.34. The maximum atomic E-state index is 12.5. The summed E-state index contributed by atoms with van der Waals surface area (Å²) in [6, 6.07) is 7.55. The number of rotatable bonds is 5. The normalized spacial score (nSPS) is 15.9. The number of halogens is 1. The molecule has 7 heteroatoms. The SMILES string of the molecule is COc1ccc(-c2noc(C3CCN(C(=O)C(C)(C)CCl)CC3)n2)cc1. The first-order valence-electron chi connectivity index (χ1n) is 8.78. The fourth-order valence-corrected chi connectivity index (χ4v) is 3.19. The number of hydrogen-bond acceptors (Lipinski definition) is 5. The van der Waals surface area contributed by atoms with Gasteiger partial charge in [-0.3, -0.25) is 4.79 Å². The van der Waals surface area contributed by atoms with Gasteiger partial charge < -0.3 is 14.2 Å². The van der Waals surface area contributed by atoms with Gasteiger partial charge in [0.15, 0.2) is 0 Å². The fourth-order valence-electron chi connectivity index (χ4n) is 3.07. The molecule has 1 aliphatic heterocycles. The second-order valence-electron chi connectivity index (χ2n) is 7.27. The summed E-state index contributed by atoms with van der Waals surface area (Å²) < 4.78 is 10.6. The lowest BCUT2D eigenvalue weighted by Gasteiger charge is -2.35. The maximum Gasteiger partial charge on any atom is 0.230 e. The van der Waals surface area contributed by atoms with E-state index in [1.54, 1.807) is 7.11 Å². The van der Waals surface area contributed by atoms with Gasteiger partial charge in [0.05, 0.1) is 12.5 Å². The van der Waals surface area contributed by atoms with Gasteiger partial charge in [-0.1, -0.05) is 5.16 Å². The van der Waals surface area contributed by atoms with Gasteiger partial charge in [-0.15, -0.1) is 11.6 Å². The van der Waals surface area contributed by atoms with Crippen molar-refractivity contribution in [3.63, 3.8) is 0 Å². The van der Waals surface area contributed by atoms with Crippen molar-refractivity contribution in [2.75, 3.05) is 26.1 Å². The van der Waals surface area contributed by atoms with Gasteiger partial charge in [0, 0.05) is 30.5 Å². The first kappa shape index (κ1) is 18.7. The Kier molecular flexibility index (Phi) is 5.51. The molecule has 0 saturated carbocycles. The zero-order valence-corrected chi connectivity index (χ0v) is 16.1. The summed E-state index contributed by atoms with van der Waals surface area (Å²) in [5.41, 5.74) is 0.359. The second-order valence-corrected chi connectivity index (χ2v) is 7.54. The lowest BCUT2D eigenvalue weighted by molar-refractivity contribution is -0.140. The van der Waals surface area contributed by atoms with Crippen LogP contribution in [0.25, 0.3) is 11.4 Å². The van der Waals surface area contributed by atoms with Crippen molar-refractivity contribution in [3.05, 3.63) is 30.2 Å². The Labute approximate surface area is 158 Å². The molecule has 1 aliphatic rings. The standard InChI is InChI=1S/C19H24ClN3O3/c1-19(2,12-20)18(24)23-10-8-14(9-11-23)17-21-16(22-26-17)13-4-6-15(25-3)7-5-13/h4-7,14H,8-12H2,1-3H3. The van der Waals surface area contributed by atoms with Crippen molar-refractivity contribution in [1.82, 2.24) is 15.0 Å². The van der Waals surface area contributed by atoms with E-state index < -0.39 is 5.41 Å². The van der Waals surface area contributed by atoms with Crippen LogP contribution in [0.2, 0.25) is 0 Å². The quantitative estimate of drug-likeness (QED) is 0.743. The fraction of sp³-hybridized carbons (Fsp3) is 0.526. The van der Waals surface area contributed by atoms with E-state index >= 15 is 0 Å². The average Bonchev–Trinajstić information content (AvgIpc) is 3.17. The van der Waals surface area contributed by atoms with Crippen LogP contribution < -0.4 is 4.74 Å². The first-order chi connectivity index (χ1) is 12.4. The number of carbonyl (C=O) groups excluding carboxylic acids is 1. The van der Waals surface area contributed by atoms with Crippen LogP contribution in [0.1, 0.15) is 38.5 Å². The second kappa shape index (κ2) is 7.66. The Balaban J connectivity index is 1.63. The molecule has 2 heterocycles. The minimum Gasteiger partial charge on any atom is -0.497 e. The van der Waals surface area contributed by atoms with E-state index in [2.05, 4.69) is 10.1 Å². The van der Waals surface area contributed by atoms with E-state index in [9.17, 15) is 4.79 Å². The topological polar surface area (TPSA) is 68.5 Å². The average molecular weight is 378 g/mol. The molecule has 1 fully saturated rings. The summed E-state index contributed by atoms with van der Waals surface area (Å²) in [4.78, 5) is 19.0. The van der Waals surface area contributed by atoms with Crippen LogP contribution in [0.15, 0.2) is 28.8 Å². The summed E-state index contributed by atoms with van der Waals surface area (Å²) in [6.07, 6.45) is 1.63. The summed E-state index contributed by atoms with van der Waals surface area (Å²) in [5, 5.41) is 4.10. The molecule has 0 bridgehead atoms. The zero-order chi connectivity index (χ0) is 18.7. The lowest BCUT2D eigenvalue weighted by Crippen LogP contribution is -2.45. The van der Waals surface area contributed by atoms with Gasteiger partial charge in [-0.05, 0) is 51.0 Å². The van der Waals surface area contributed by atoms with Gasteiger partial charge in [0.25, 0.3) is 0 Å². The molecule has 1 saturated heterocycles. The van der Waals surface area contributed by atoms with E-state index in [4.69, 9.17) is 20.9 Å². The molecule has 1 amide bonds. The number of likely N-dealkylation sites (tertiary alicyclic amines) is 1. The van der Waals surface area contributed by atoms with Crippen LogP contribution in [0, 0.1) is 5.41 Å². The maximum absolute atomic E-state index is 12.5. The first-order valence-corrected chi connectivity index (χ1v) is 9.31. The number of piperidine rings is 1. The molecular formula is C19H24ClN3O3. The summed E-state index contributed by atoms with van der Waals surface area (Å²) in [7, 11) is 1.63. The number of aromatic nitrogens is 2. The predicted molar refractivity (Wildman–Crippen MR) is 99.3 cm³/mol. The molecule has 6 nitrogen and oxygen atoms in total.